The van der Waals surface area contributed by atoms with Crippen LogP contribution in [0, 0.1) is 0 Å². The Labute approximate surface area is 95.4 Å². The van der Waals surface area contributed by atoms with E-state index in [2.05, 4.69) is 0 Å². The fourth-order valence-corrected chi connectivity index (χ4v) is 1.78. The van der Waals surface area contributed by atoms with Crippen molar-refractivity contribution in [3.05, 3.63) is 0 Å². The van der Waals surface area contributed by atoms with Gasteiger partial charge in [-0.25, -0.2) is 0 Å². The third-order valence-electron chi connectivity index (χ3n) is 2.71. The van der Waals surface area contributed by atoms with Crippen LogP contribution in [0.4, 0.5) is 0 Å². The highest BCUT2D eigenvalue weighted by molar-refractivity contribution is 5.76. The fourth-order valence-electron chi connectivity index (χ4n) is 1.78. The molecule has 0 aromatic carbocycles. The lowest BCUT2D eigenvalue weighted by molar-refractivity contribution is -0.137. The number of ether oxygens (including phenoxy) is 1. The molecule has 1 aliphatic heterocycles. The summed E-state index contributed by atoms with van der Waals surface area (Å²) in [5.41, 5.74) is 0. The van der Waals surface area contributed by atoms with Gasteiger partial charge in [-0.15, -0.1) is 0 Å². The zero-order valence-electron chi connectivity index (χ0n) is 9.65. The summed E-state index contributed by atoms with van der Waals surface area (Å²) in [5, 5.41) is 8.45. The van der Waals surface area contributed by atoms with Crippen molar-refractivity contribution in [3.63, 3.8) is 0 Å². The lowest BCUT2D eigenvalue weighted by Crippen LogP contribution is -2.33. The second-order valence-corrected chi connectivity index (χ2v) is 4.16. The fraction of sp³-hybridized carbons (Fsp3) is 0.818. The van der Waals surface area contributed by atoms with Gasteiger partial charge in [0, 0.05) is 33.0 Å². The van der Waals surface area contributed by atoms with Crippen LogP contribution in [0.25, 0.3) is 0 Å². The van der Waals surface area contributed by atoms with E-state index in [-0.39, 0.29) is 18.4 Å². The van der Waals surface area contributed by atoms with Gasteiger partial charge in [0.2, 0.25) is 5.91 Å². The number of hydrogen-bond acceptors (Lipinski definition) is 3. The average molecular weight is 229 g/mol. The van der Waals surface area contributed by atoms with Gasteiger partial charge in [0.15, 0.2) is 0 Å². The molecule has 5 nitrogen and oxygen atoms in total. The molecule has 1 unspecified atom stereocenters. The van der Waals surface area contributed by atoms with Crippen LogP contribution < -0.4 is 0 Å². The predicted octanol–water partition coefficient (Wildman–Crippen LogP) is 0.879. The first kappa shape index (κ1) is 13.0. The number of amides is 1. The minimum Gasteiger partial charge on any atom is -0.481 e. The van der Waals surface area contributed by atoms with Gasteiger partial charge >= 0.3 is 5.97 Å². The summed E-state index contributed by atoms with van der Waals surface area (Å²) in [4.78, 5) is 23.5. The summed E-state index contributed by atoms with van der Waals surface area (Å²) in [6.07, 6.45) is 2.99. The van der Waals surface area contributed by atoms with Crippen molar-refractivity contribution in [3.8, 4) is 0 Å². The number of carboxylic acids is 1. The Bertz CT molecular complexity index is 248. The van der Waals surface area contributed by atoms with Crippen LogP contribution in [0.5, 0.6) is 0 Å². The van der Waals surface area contributed by atoms with E-state index in [1.165, 1.54) is 0 Å². The highest BCUT2D eigenvalue weighted by Gasteiger charge is 2.19. The highest BCUT2D eigenvalue weighted by atomic mass is 16.5. The van der Waals surface area contributed by atoms with Crippen molar-refractivity contribution in [2.24, 2.45) is 0 Å². The number of hydrogen-bond donors (Lipinski definition) is 1. The summed E-state index contributed by atoms with van der Waals surface area (Å²) in [5.74, 6) is -0.855. The molecular formula is C11H19NO4. The first-order valence-corrected chi connectivity index (χ1v) is 5.67. The van der Waals surface area contributed by atoms with Crippen LogP contribution in [-0.2, 0) is 14.3 Å². The van der Waals surface area contributed by atoms with E-state index in [1.807, 2.05) is 0 Å². The molecule has 1 rings (SSSR count). The molecule has 1 heterocycles. The Morgan fingerprint density at radius 1 is 1.44 bits per heavy atom. The van der Waals surface area contributed by atoms with Gasteiger partial charge in [-0.1, -0.05) is 0 Å². The van der Waals surface area contributed by atoms with Gasteiger partial charge in [-0.3, -0.25) is 9.59 Å². The number of carbonyl (C=O) groups excluding carboxylic acids is 1. The van der Waals surface area contributed by atoms with Crippen LogP contribution >= 0.6 is 0 Å². The standard InChI is InChI=1S/C11H19NO4/c1-12(8-9-4-3-7-16-9)10(13)5-2-6-11(14)15/h9H,2-8H2,1H3,(H,14,15). The molecule has 0 aromatic heterocycles. The van der Waals surface area contributed by atoms with Crippen molar-refractivity contribution < 1.29 is 19.4 Å². The number of nitrogens with zero attached hydrogens (tertiary/aromatic N) is 1. The van der Waals surface area contributed by atoms with E-state index in [9.17, 15) is 9.59 Å². The lowest BCUT2D eigenvalue weighted by Gasteiger charge is -2.20. The molecule has 0 aromatic rings. The van der Waals surface area contributed by atoms with E-state index in [1.54, 1.807) is 11.9 Å². The lowest BCUT2D eigenvalue weighted by atomic mass is 10.2. The summed E-state index contributed by atoms with van der Waals surface area (Å²) < 4.78 is 5.43. The SMILES string of the molecule is CN(CC1CCCO1)C(=O)CCCC(=O)O. The van der Waals surface area contributed by atoms with Crippen molar-refractivity contribution in [2.75, 3.05) is 20.2 Å². The second-order valence-electron chi connectivity index (χ2n) is 4.16. The van der Waals surface area contributed by atoms with Crippen molar-refractivity contribution >= 4 is 11.9 Å². The smallest absolute Gasteiger partial charge is 0.303 e. The Kier molecular flexibility index (Phi) is 5.25. The summed E-state index contributed by atoms with van der Waals surface area (Å²) in [7, 11) is 1.74. The van der Waals surface area contributed by atoms with E-state index >= 15 is 0 Å². The maximum absolute atomic E-state index is 11.6. The minimum absolute atomic E-state index is 0.00301. The van der Waals surface area contributed by atoms with Gasteiger partial charge in [0.05, 0.1) is 6.10 Å². The number of carbonyl (C=O) groups is 2. The highest BCUT2D eigenvalue weighted by Crippen LogP contribution is 2.13. The molecule has 1 fully saturated rings. The van der Waals surface area contributed by atoms with Crippen molar-refractivity contribution in [2.45, 2.75) is 38.2 Å². The molecule has 1 atom stereocenters. The Morgan fingerprint density at radius 3 is 2.75 bits per heavy atom. The molecule has 1 saturated heterocycles. The van der Waals surface area contributed by atoms with Gasteiger partial charge in [0.1, 0.15) is 0 Å². The Balaban J connectivity index is 2.16. The Hall–Kier alpha value is -1.10. The third-order valence-corrected chi connectivity index (χ3v) is 2.71. The zero-order chi connectivity index (χ0) is 12.0. The quantitative estimate of drug-likeness (QED) is 0.734. The molecule has 5 heteroatoms. The molecule has 1 aliphatic rings. The van der Waals surface area contributed by atoms with Gasteiger partial charge in [-0.2, -0.15) is 0 Å². The maximum atomic E-state index is 11.6. The van der Waals surface area contributed by atoms with Crippen LogP contribution in [0.15, 0.2) is 0 Å². The van der Waals surface area contributed by atoms with Crippen LogP contribution in [0.3, 0.4) is 0 Å². The molecule has 0 bridgehead atoms. The molecule has 1 amide bonds. The van der Waals surface area contributed by atoms with Gasteiger partial charge in [0.25, 0.3) is 0 Å². The first-order valence-electron chi connectivity index (χ1n) is 5.67. The van der Waals surface area contributed by atoms with Crippen molar-refractivity contribution in [1.82, 2.24) is 4.90 Å². The number of rotatable bonds is 6. The molecular weight excluding hydrogens is 210 g/mol. The van der Waals surface area contributed by atoms with Crippen molar-refractivity contribution in [1.29, 1.82) is 0 Å². The molecule has 0 radical (unpaired) electrons. The first-order chi connectivity index (χ1) is 7.59. The van der Waals surface area contributed by atoms with Gasteiger partial charge in [-0.05, 0) is 19.3 Å². The topological polar surface area (TPSA) is 66.8 Å². The van der Waals surface area contributed by atoms with E-state index < -0.39 is 5.97 Å². The molecule has 0 aliphatic carbocycles. The normalized spacial score (nSPS) is 19.7. The molecule has 92 valence electrons. The maximum Gasteiger partial charge on any atom is 0.303 e. The summed E-state index contributed by atoms with van der Waals surface area (Å²) in [6, 6.07) is 0. The van der Waals surface area contributed by atoms with Crippen LogP contribution in [0.2, 0.25) is 0 Å². The van der Waals surface area contributed by atoms with E-state index in [4.69, 9.17) is 9.84 Å². The van der Waals surface area contributed by atoms with Crippen LogP contribution in [0.1, 0.15) is 32.1 Å². The average Bonchev–Trinajstić information content (AvgIpc) is 2.69. The molecule has 0 spiro atoms. The number of likely N-dealkylation sites (N-methyl/N-ethyl adjacent to an activating group) is 1. The van der Waals surface area contributed by atoms with Crippen LogP contribution in [-0.4, -0.2) is 48.2 Å². The molecule has 0 saturated carbocycles. The second kappa shape index (κ2) is 6.48. The van der Waals surface area contributed by atoms with E-state index in [0.717, 1.165) is 19.4 Å². The predicted molar refractivity (Wildman–Crippen MR) is 58.1 cm³/mol. The monoisotopic (exact) mass is 229 g/mol. The summed E-state index contributed by atoms with van der Waals surface area (Å²) >= 11 is 0. The number of aliphatic carboxylic acids is 1. The van der Waals surface area contributed by atoms with Gasteiger partial charge < -0.3 is 14.7 Å². The minimum atomic E-state index is -0.852. The molecule has 1 N–H and O–H groups in total. The Morgan fingerprint density at radius 2 is 2.19 bits per heavy atom. The number of carboxylic acid groups (broad SMARTS) is 1. The summed E-state index contributed by atoms with van der Waals surface area (Å²) in [6.45, 7) is 1.40. The third kappa shape index (κ3) is 4.61. The zero-order valence-corrected chi connectivity index (χ0v) is 9.65. The van der Waals surface area contributed by atoms with E-state index in [0.29, 0.717) is 19.4 Å². The molecule has 16 heavy (non-hydrogen) atoms. The largest absolute Gasteiger partial charge is 0.481 e.